The van der Waals surface area contributed by atoms with Crippen LogP contribution in [0.15, 0.2) is 0 Å². The highest BCUT2D eigenvalue weighted by Gasteiger charge is 2.58. The van der Waals surface area contributed by atoms with E-state index >= 15 is 0 Å². The van der Waals surface area contributed by atoms with Crippen LogP contribution in [0.3, 0.4) is 0 Å². The van der Waals surface area contributed by atoms with Gasteiger partial charge in [0.05, 0.1) is 22.6 Å². The van der Waals surface area contributed by atoms with Gasteiger partial charge >= 0.3 is 0 Å². The van der Waals surface area contributed by atoms with Crippen molar-refractivity contribution in [1.82, 2.24) is 0 Å². The van der Waals surface area contributed by atoms with Crippen molar-refractivity contribution >= 4 is 34.1 Å². The summed E-state index contributed by atoms with van der Waals surface area (Å²) in [6.07, 6.45) is 0. The molecule has 1 fully saturated rings. The van der Waals surface area contributed by atoms with E-state index in [1.54, 1.807) is 0 Å². The predicted octanol–water partition coefficient (Wildman–Crippen LogP) is 7.08. The van der Waals surface area contributed by atoms with Gasteiger partial charge in [0.1, 0.15) is 20.8 Å². The first-order chi connectivity index (χ1) is 7.69. The van der Waals surface area contributed by atoms with Crippen LogP contribution >= 0.6 is 34.1 Å². The Bertz CT molecular complexity index is 225. The van der Waals surface area contributed by atoms with Gasteiger partial charge in [0.15, 0.2) is 0 Å². The standard InChI is InChI=1S/C12H28NP2S2/c1-9(2)14(10(3)4)13-15(11(5)6,12(7)8)17-16-14/h9-12H,1-8H3/q+1. The summed E-state index contributed by atoms with van der Waals surface area (Å²) in [5.74, 6) is 0. The molecule has 1 saturated heterocycles. The minimum Gasteiger partial charge on any atom is -0.300 e. The molecule has 0 radical (unpaired) electrons. The van der Waals surface area contributed by atoms with Gasteiger partial charge < -0.3 is 0 Å². The smallest absolute Gasteiger partial charge is 0.114 e. The van der Waals surface area contributed by atoms with Gasteiger partial charge in [-0.3, -0.25) is 4.86 Å². The first-order valence-corrected chi connectivity index (χ1v) is 13.7. The van der Waals surface area contributed by atoms with Crippen molar-refractivity contribution in [2.75, 3.05) is 0 Å². The van der Waals surface area contributed by atoms with Gasteiger partial charge in [-0.25, -0.2) is 0 Å². The molecule has 0 aliphatic carbocycles. The van der Waals surface area contributed by atoms with Crippen LogP contribution in [0, 0.1) is 0 Å². The third kappa shape index (κ3) is 2.84. The summed E-state index contributed by atoms with van der Waals surface area (Å²) >= 11 is 0. The summed E-state index contributed by atoms with van der Waals surface area (Å²) in [4.78, 5) is 5.60. The molecule has 0 aromatic heterocycles. The Morgan fingerprint density at radius 2 is 0.824 bits per heavy atom. The third-order valence-corrected chi connectivity index (χ3v) is 26.9. The van der Waals surface area contributed by atoms with E-state index in [4.69, 9.17) is 4.86 Å². The Morgan fingerprint density at radius 3 is 0.941 bits per heavy atom. The number of hydrogen-bond donors (Lipinski definition) is 0. The zero-order valence-corrected chi connectivity index (χ0v) is 15.9. The zero-order chi connectivity index (χ0) is 13.4. The van der Waals surface area contributed by atoms with Crippen molar-refractivity contribution in [2.24, 2.45) is 0 Å². The molecule has 0 amide bonds. The molecule has 0 N–H and O–H groups in total. The molecule has 17 heavy (non-hydrogen) atoms. The Kier molecular flexibility index (Phi) is 5.73. The minimum absolute atomic E-state index is 0.736. The van der Waals surface area contributed by atoms with E-state index in [1.807, 2.05) is 0 Å². The number of rotatable bonds is 4. The van der Waals surface area contributed by atoms with E-state index in [0.29, 0.717) is 0 Å². The Morgan fingerprint density at radius 1 is 0.588 bits per heavy atom. The SMILES string of the molecule is CC(C)[P+]1(C(C)C)[N-][P+](C(C)C)(C(C)C)SS1. The molecule has 0 saturated carbocycles. The normalized spacial score (nSPS) is 23.3. The van der Waals surface area contributed by atoms with Crippen molar-refractivity contribution in [3.05, 3.63) is 4.86 Å². The summed E-state index contributed by atoms with van der Waals surface area (Å²) in [5.41, 5.74) is 2.94. The van der Waals surface area contributed by atoms with Crippen LogP contribution in [0.2, 0.25) is 0 Å². The molecule has 0 aromatic rings. The number of hydrogen-bond acceptors (Lipinski definition) is 2. The summed E-state index contributed by atoms with van der Waals surface area (Å²) in [5, 5.41) is 0. The Balaban J connectivity index is 3.06. The first-order valence-electron chi connectivity index (χ1n) is 6.58. The maximum atomic E-state index is 5.60. The fourth-order valence-electron chi connectivity index (χ4n) is 2.31. The van der Waals surface area contributed by atoms with Crippen molar-refractivity contribution in [3.8, 4) is 0 Å². The molecule has 0 unspecified atom stereocenters. The quantitative estimate of drug-likeness (QED) is 0.406. The fraction of sp³-hybridized carbons (Fsp3) is 1.00. The lowest BCUT2D eigenvalue weighted by atomic mass is 10.5. The molecule has 102 valence electrons. The molecule has 1 nitrogen and oxygen atoms in total. The molecule has 0 spiro atoms. The fourth-order valence-corrected chi connectivity index (χ4v) is 32.2. The number of nitrogens with zero attached hydrogens (tertiary/aromatic N) is 1. The van der Waals surface area contributed by atoms with Crippen molar-refractivity contribution < 1.29 is 0 Å². The molecule has 0 bridgehead atoms. The minimum atomic E-state index is -1.17. The van der Waals surface area contributed by atoms with Gasteiger partial charge in [0.25, 0.3) is 0 Å². The monoisotopic (exact) mass is 312 g/mol. The Hall–Kier alpha value is 1.52. The highest BCUT2D eigenvalue weighted by molar-refractivity contribution is 9.21. The lowest BCUT2D eigenvalue weighted by Crippen LogP contribution is -2.13. The van der Waals surface area contributed by atoms with Crippen LogP contribution in [0.25, 0.3) is 4.86 Å². The van der Waals surface area contributed by atoms with Crippen LogP contribution in [0.4, 0.5) is 0 Å². The topological polar surface area (TPSA) is 14.1 Å². The lowest BCUT2D eigenvalue weighted by Gasteiger charge is -2.41. The average Bonchev–Trinajstić information content (AvgIpc) is 2.59. The summed E-state index contributed by atoms with van der Waals surface area (Å²) < 4.78 is 0. The van der Waals surface area contributed by atoms with E-state index in [-0.39, 0.29) is 0 Å². The van der Waals surface area contributed by atoms with Crippen molar-refractivity contribution in [1.29, 1.82) is 0 Å². The van der Waals surface area contributed by atoms with Gasteiger partial charge in [-0.05, 0) is 55.4 Å². The summed E-state index contributed by atoms with van der Waals surface area (Å²) in [6.45, 7) is 16.7. The Labute approximate surface area is 117 Å². The van der Waals surface area contributed by atoms with Crippen LogP contribution in [-0.4, -0.2) is 22.6 Å². The predicted molar refractivity (Wildman–Crippen MR) is 92.9 cm³/mol. The van der Waals surface area contributed by atoms with Crippen molar-refractivity contribution in [2.45, 2.75) is 78.0 Å². The zero-order valence-electron chi connectivity index (χ0n) is 12.5. The van der Waals surface area contributed by atoms with Crippen LogP contribution in [0.5, 0.6) is 0 Å². The summed E-state index contributed by atoms with van der Waals surface area (Å²) in [6, 6.07) is 0. The first kappa shape index (κ1) is 16.6. The highest BCUT2D eigenvalue weighted by Crippen LogP contribution is 3.07. The van der Waals surface area contributed by atoms with Crippen LogP contribution in [-0.2, 0) is 0 Å². The van der Waals surface area contributed by atoms with E-state index in [2.05, 4.69) is 76.2 Å². The second-order valence-electron chi connectivity index (χ2n) is 5.96. The van der Waals surface area contributed by atoms with Gasteiger partial charge in [-0.15, -0.1) is 0 Å². The second-order valence-corrected chi connectivity index (χ2v) is 20.9. The molecular formula is C12H28NP2S2+. The van der Waals surface area contributed by atoms with E-state index < -0.39 is 13.2 Å². The van der Waals surface area contributed by atoms with Crippen LogP contribution < -0.4 is 0 Å². The molecule has 1 heterocycles. The molecule has 1 aliphatic heterocycles. The highest BCUT2D eigenvalue weighted by atomic mass is 33.5. The van der Waals surface area contributed by atoms with E-state index in [1.165, 1.54) is 0 Å². The summed E-state index contributed by atoms with van der Waals surface area (Å²) in [7, 11) is 4.36. The molecular weight excluding hydrogens is 284 g/mol. The van der Waals surface area contributed by atoms with E-state index in [0.717, 1.165) is 22.6 Å². The molecule has 1 aliphatic rings. The third-order valence-electron chi connectivity index (χ3n) is 3.51. The second kappa shape index (κ2) is 5.88. The lowest BCUT2D eigenvalue weighted by molar-refractivity contribution is 0.999. The maximum Gasteiger partial charge on any atom is 0.114 e. The van der Waals surface area contributed by atoms with Crippen molar-refractivity contribution in [3.63, 3.8) is 0 Å². The molecule has 1 rings (SSSR count). The molecule has 5 heteroatoms. The largest absolute Gasteiger partial charge is 0.300 e. The van der Waals surface area contributed by atoms with Gasteiger partial charge in [-0.1, -0.05) is 0 Å². The van der Waals surface area contributed by atoms with E-state index in [9.17, 15) is 0 Å². The molecule has 0 atom stereocenters. The average molecular weight is 312 g/mol. The maximum absolute atomic E-state index is 5.60. The van der Waals surface area contributed by atoms with Crippen LogP contribution in [0.1, 0.15) is 55.4 Å². The molecule has 0 aromatic carbocycles. The van der Waals surface area contributed by atoms with Gasteiger partial charge in [0, 0.05) is 13.2 Å². The van der Waals surface area contributed by atoms with Gasteiger partial charge in [0.2, 0.25) is 0 Å². The van der Waals surface area contributed by atoms with Gasteiger partial charge in [-0.2, -0.15) is 0 Å².